The van der Waals surface area contributed by atoms with E-state index in [0.717, 1.165) is 5.75 Å². The predicted octanol–water partition coefficient (Wildman–Crippen LogP) is 4.19. The molecule has 0 fully saturated rings. The zero-order valence-corrected chi connectivity index (χ0v) is 13.3. The number of halogens is 1. The summed E-state index contributed by atoms with van der Waals surface area (Å²) in [6, 6.07) is 11.8. The molecule has 0 unspecified atom stereocenters. The summed E-state index contributed by atoms with van der Waals surface area (Å²) >= 11 is 3.23. The third kappa shape index (κ3) is 4.23. The molecule has 2 aromatic rings. The summed E-state index contributed by atoms with van der Waals surface area (Å²) in [5.74, 6) is 0.314. The van der Waals surface area contributed by atoms with E-state index in [1.165, 1.54) is 6.07 Å². The van der Waals surface area contributed by atoms with Gasteiger partial charge in [-0.2, -0.15) is 0 Å². The minimum Gasteiger partial charge on any atom is -0.507 e. The van der Waals surface area contributed by atoms with Crippen molar-refractivity contribution in [2.45, 2.75) is 20.0 Å². The molecular weight excluding hydrogens is 334 g/mol. The number of carbonyl (C=O) groups is 1. The van der Waals surface area contributed by atoms with Gasteiger partial charge in [0.1, 0.15) is 11.5 Å². The largest absolute Gasteiger partial charge is 0.507 e. The Kier molecular flexibility index (Phi) is 4.85. The number of ether oxygens (including phenoxy) is 1. The fourth-order valence-corrected chi connectivity index (χ4v) is 2.13. The molecule has 0 bridgehead atoms. The molecule has 0 spiro atoms. The molecule has 2 rings (SSSR count). The molecule has 0 aliphatic heterocycles. The van der Waals surface area contributed by atoms with Crippen LogP contribution in [-0.2, 0) is 0 Å². The lowest BCUT2D eigenvalue weighted by Crippen LogP contribution is -2.12. The van der Waals surface area contributed by atoms with Gasteiger partial charge in [-0.3, -0.25) is 4.79 Å². The second kappa shape index (κ2) is 6.63. The van der Waals surface area contributed by atoms with Crippen molar-refractivity contribution in [1.29, 1.82) is 0 Å². The summed E-state index contributed by atoms with van der Waals surface area (Å²) in [6.45, 7) is 3.90. The molecular formula is C16H16BrNO3. The van der Waals surface area contributed by atoms with Gasteiger partial charge >= 0.3 is 0 Å². The fourth-order valence-electron chi connectivity index (χ4n) is 1.78. The van der Waals surface area contributed by atoms with Gasteiger partial charge in [-0.05, 0) is 56.3 Å². The summed E-state index contributed by atoms with van der Waals surface area (Å²) in [5, 5.41) is 12.5. The Hall–Kier alpha value is -2.01. The van der Waals surface area contributed by atoms with Crippen LogP contribution in [0.3, 0.4) is 0 Å². The molecule has 0 aliphatic carbocycles. The Bertz CT molecular complexity index is 638. The first-order valence-corrected chi connectivity index (χ1v) is 7.31. The molecule has 2 aromatic carbocycles. The molecule has 4 nitrogen and oxygen atoms in total. The third-order valence-electron chi connectivity index (χ3n) is 2.69. The SMILES string of the molecule is CC(C)Oc1ccc(NC(=O)c2ccc(Br)cc2O)cc1. The number of aromatic hydroxyl groups is 1. The fraction of sp³-hybridized carbons (Fsp3) is 0.188. The molecule has 1 amide bonds. The van der Waals surface area contributed by atoms with Gasteiger partial charge in [-0.1, -0.05) is 15.9 Å². The third-order valence-corrected chi connectivity index (χ3v) is 3.18. The number of amides is 1. The molecule has 0 aromatic heterocycles. The van der Waals surface area contributed by atoms with Gasteiger partial charge in [0.05, 0.1) is 11.7 Å². The molecule has 2 N–H and O–H groups in total. The summed E-state index contributed by atoms with van der Waals surface area (Å²) < 4.78 is 6.25. The maximum Gasteiger partial charge on any atom is 0.259 e. The van der Waals surface area contributed by atoms with Crippen LogP contribution in [-0.4, -0.2) is 17.1 Å². The van der Waals surface area contributed by atoms with Gasteiger partial charge in [0.15, 0.2) is 0 Å². The number of hydrogen-bond acceptors (Lipinski definition) is 3. The number of anilines is 1. The topological polar surface area (TPSA) is 58.6 Å². The highest BCUT2D eigenvalue weighted by Gasteiger charge is 2.11. The Labute approximate surface area is 131 Å². The summed E-state index contributed by atoms with van der Waals surface area (Å²) in [7, 11) is 0. The van der Waals surface area contributed by atoms with E-state index in [1.54, 1.807) is 36.4 Å². The highest BCUT2D eigenvalue weighted by atomic mass is 79.9. The van der Waals surface area contributed by atoms with E-state index in [0.29, 0.717) is 10.2 Å². The molecule has 0 saturated heterocycles. The lowest BCUT2D eigenvalue weighted by atomic mass is 10.2. The van der Waals surface area contributed by atoms with Crippen LogP contribution in [0.25, 0.3) is 0 Å². The first-order chi connectivity index (χ1) is 9.95. The zero-order valence-electron chi connectivity index (χ0n) is 11.8. The number of rotatable bonds is 4. The van der Waals surface area contributed by atoms with E-state index < -0.39 is 0 Å². The molecule has 0 radical (unpaired) electrons. The van der Waals surface area contributed by atoms with Crippen LogP contribution in [0.4, 0.5) is 5.69 Å². The van der Waals surface area contributed by atoms with Gasteiger partial charge in [0.2, 0.25) is 0 Å². The average molecular weight is 350 g/mol. The van der Waals surface area contributed by atoms with Crippen LogP contribution in [0, 0.1) is 0 Å². The van der Waals surface area contributed by atoms with E-state index in [1.807, 2.05) is 13.8 Å². The molecule has 0 aliphatic rings. The Morgan fingerprint density at radius 3 is 2.43 bits per heavy atom. The Balaban J connectivity index is 2.08. The Morgan fingerprint density at radius 1 is 1.19 bits per heavy atom. The van der Waals surface area contributed by atoms with Crippen LogP contribution < -0.4 is 10.1 Å². The predicted molar refractivity (Wildman–Crippen MR) is 86.0 cm³/mol. The lowest BCUT2D eigenvalue weighted by molar-refractivity contribution is 0.102. The molecule has 110 valence electrons. The summed E-state index contributed by atoms with van der Waals surface area (Å²) in [6.07, 6.45) is 0.102. The quantitative estimate of drug-likeness (QED) is 0.869. The normalized spacial score (nSPS) is 10.5. The van der Waals surface area contributed by atoms with Crippen LogP contribution in [0.5, 0.6) is 11.5 Å². The van der Waals surface area contributed by atoms with Crippen molar-refractivity contribution in [3.8, 4) is 11.5 Å². The molecule has 0 saturated carbocycles. The van der Waals surface area contributed by atoms with Crippen molar-refractivity contribution in [2.75, 3.05) is 5.32 Å². The van der Waals surface area contributed by atoms with E-state index in [4.69, 9.17) is 4.74 Å². The highest BCUT2D eigenvalue weighted by Crippen LogP contribution is 2.24. The van der Waals surface area contributed by atoms with Gasteiger partial charge < -0.3 is 15.2 Å². The van der Waals surface area contributed by atoms with Gasteiger partial charge in [-0.15, -0.1) is 0 Å². The summed E-state index contributed by atoms with van der Waals surface area (Å²) in [5.41, 5.74) is 0.860. The van der Waals surface area contributed by atoms with E-state index in [-0.39, 0.29) is 23.3 Å². The second-order valence-electron chi connectivity index (χ2n) is 4.81. The number of carbonyl (C=O) groups excluding carboxylic acids is 1. The zero-order chi connectivity index (χ0) is 15.4. The number of hydrogen-bond donors (Lipinski definition) is 2. The van der Waals surface area contributed by atoms with Crippen molar-refractivity contribution in [2.24, 2.45) is 0 Å². The van der Waals surface area contributed by atoms with E-state index >= 15 is 0 Å². The molecule has 21 heavy (non-hydrogen) atoms. The number of benzene rings is 2. The smallest absolute Gasteiger partial charge is 0.259 e. The first-order valence-electron chi connectivity index (χ1n) is 6.52. The van der Waals surface area contributed by atoms with Crippen LogP contribution in [0.1, 0.15) is 24.2 Å². The van der Waals surface area contributed by atoms with Gasteiger partial charge in [0, 0.05) is 10.2 Å². The van der Waals surface area contributed by atoms with Crippen LogP contribution in [0.15, 0.2) is 46.9 Å². The van der Waals surface area contributed by atoms with Crippen LogP contribution >= 0.6 is 15.9 Å². The summed E-state index contributed by atoms with van der Waals surface area (Å²) in [4.78, 5) is 12.1. The maximum absolute atomic E-state index is 12.1. The van der Waals surface area contributed by atoms with Crippen molar-refractivity contribution in [1.82, 2.24) is 0 Å². The number of nitrogens with one attached hydrogen (secondary N) is 1. The minimum atomic E-state index is -0.363. The van der Waals surface area contributed by atoms with Crippen molar-refractivity contribution in [3.63, 3.8) is 0 Å². The van der Waals surface area contributed by atoms with Gasteiger partial charge in [-0.25, -0.2) is 0 Å². The molecule has 5 heteroatoms. The van der Waals surface area contributed by atoms with Crippen molar-refractivity contribution >= 4 is 27.5 Å². The highest BCUT2D eigenvalue weighted by molar-refractivity contribution is 9.10. The monoisotopic (exact) mass is 349 g/mol. The molecule has 0 heterocycles. The first kappa shape index (κ1) is 15.4. The molecule has 0 atom stereocenters. The van der Waals surface area contributed by atoms with Gasteiger partial charge in [0.25, 0.3) is 5.91 Å². The van der Waals surface area contributed by atoms with Crippen molar-refractivity contribution < 1.29 is 14.6 Å². The van der Waals surface area contributed by atoms with E-state index in [9.17, 15) is 9.90 Å². The maximum atomic E-state index is 12.1. The lowest BCUT2D eigenvalue weighted by Gasteiger charge is -2.11. The second-order valence-corrected chi connectivity index (χ2v) is 5.72. The van der Waals surface area contributed by atoms with Crippen molar-refractivity contribution in [3.05, 3.63) is 52.5 Å². The van der Waals surface area contributed by atoms with Crippen LogP contribution in [0.2, 0.25) is 0 Å². The minimum absolute atomic E-state index is 0.0679. The van der Waals surface area contributed by atoms with E-state index in [2.05, 4.69) is 21.2 Å². The average Bonchev–Trinajstić information content (AvgIpc) is 2.40. The Morgan fingerprint density at radius 2 is 1.86 bits per heavy atom. The number of phenolic OH excluding ortho intramolecular Hbond substituents is 1. The number of phenols is 1. The standard InChI is InChI=1S/C16H16BrNO3/c1-10(2)21-13-6-4-12(5-7-13)18-16(20)14-8-3-11(17)9-15(14)19/h3-10,19H,1-2H3,(H,18,20).